The number of nitrogens with two attached hydrogens (primary N) is 1. The SMILES string of the molecule is COCCC1(CN=C(N)Nc2ccc(OC(C)C)cc2)CCCC1. The third-order valence-corrected chi connectivity index (χ3v) is 4.58. The summed E-state index contributed by atoms with van der Waals surface area (Å²) in [4.78, 5) is 4.59. The maximum absolute atomic E-state index is 6.07. The van der Waals surface area contributed by atoms with Crippen molar-refractivity contribution in [1.82, 2.24) is 0 Å². The molecule has 0 heterocycles. The fourth-order valence-electron chi connectivity index (χ4n) is 3.26. The number of rotatable bonds is 8. The van der Waals surface area contributed by atoms with E-state index in [9.17, 15) is 0 Å². The number of ether oxygens (including phenoxy) is 2. The first kappa shape index (κ1) is 18.6. The zero-order chi connectivity index (χ0) is 17.4. The Morgan fingerprint density at radius 2 is 1.92 bits per heavy atom. The first-order valence-electron chi connectivity index (χ1n) is 8.86. The van der Waals surface area contributed by atoms with Gasteiger partial charge in [-0.3, -0.25) is 4.99 Å². The van der Waals surface area contributed by atoms with E-state index in [-0.39, 0.29) is 11.5 Å². The summed E-state index contributed by atoms with van der Waals surface area (Å²) < 4.78 is 10.9. The van der Waals surface area contributed by atoms with Crippen molar-refractivity contribution in [2.75, 3.05) is 25.6 Å². The van der Waals surface area contributed by atoms with Crippen molar-refractivity contribution in [3.63, 3.8) is 0 Å². The van der Waals surface area contributed by atoms with Crippen molar-refractivity contribution >= 4 is 11.6 Å². The van der Waals surface area contributed by atoms with Crippen LogP contribution in [0.4, 0.5) is 5.69 Å². The molecule has 2 rings (SSSR count). The van der Waals surface area contributed by atoms with Gasteiger partial charge < -0.3 is 20.5 Å². The van der Waals surface area contributed by atoms with Crippen LogP contribution in [0.1, 0.15) is 46.0 Å². The summed E-state index contributed by atoms with van der Waals surface area (Å²) in [6, 6.07) is 7.78. The first-order chi connectivity index (χ1) is 11.5. The summed E-state index contributed by atoms with van der Waals surface area (Å²) >= 11 is 0. The smallest absolute Gasteiger partial charge is 0.193 e. The van der Waals surface area contributed by atoms with Crippen LogP contribution < -0.4 is 15.8 Å². The summed E-state index contributed by atoms with van der Waals surface area (Å²) in [7, 11) is 1.76. The second-order valence-electron chi connectivity index (χ2n) is 6.97. The minimum absolute atomic E-state index is 0.171. The van der Waals surface area contributed by atoms with Gasteiger partial charge in [0, 0.05) is 25.9 Å². The Bertz CT molecular complexity index is 520. The molecule has 0 amide bonds. The number of benzene rings is 1. The van der Waals surface area contributed by atoms with Gasteiger partial charge in [0.2, 0.25) is 0 Å². The largest absolute Gasteiger partial charge is 0.491 e. The molecule has 0 aromatic heterocycles. The van der Waals surface area contributed by atoms with Gasteiger partial charge in [0.25, 0.3) is 0 Å². The van der Waals surface area contributed by atoms with E-state index >= 15 is 0 Å². The molecule has 1 aromatic carbocycles. The van der Waals surface area contributed by atoms with Crippen LogP contribution in [0, 0.1) is 5.41 Å². The molecule has 0 aliphatic heterocycles. The fourth-order valence-corrected chi connectivity index (χ4v) is 3.26. The minimum Gasteiger partial charge on any atom is -0.491 e. The molecule has 1 aliphatic carbocycles. The lowest BCUT2D eigenvalue weighted by atomic mass is 9.83. The van der Waals surface area contributed by atoms with Gasteiger partial charge in [0.05, 0.1) is 6.10 Å². The van der Waals surface area contributed by atoms with E-state index in [1.165, 1.54) is 25.7 Å². The first-order valence-corrected chi connectivity index (χ1v) is 8.86. The van der Waals surface area contributed by atoms with Crippen molar-refractivity contribution in [2.45, 2.75) is 52.1 Å². The highest BCUT2D eigenvalue weighted by Crippen LogP contribution is 2.41. The van der Waals surface area contributed by atoms with Crippen molar-refractivity contribution in [3.8, 4) is 5.75 Å². The van der Waals surface area contributed by atoms with Gasteiger partial charge in [-0.15, -0.1) is 0 Å². The molecule has 1 saturated carbocycles. The molecule has 0 bridgehead atoms. The molecule has 24 heavy (non-hydrogen) atoms. The van der Waals surface area contributed by atoms with Gasteiger partial charge in [0.15, 0.2) is 5.96 Å². The van der Waals surface area contributed by atoms with Crippen molar-refractivity contribution in [1.29, 1.82) is 0 Å². The predicted octanol–water partition coefficient (Wildman–Crippen LogP) is 3.80. The number of aliphatic imine (C=N–C) groups is 1. The third kappa shape index (κ3) is 5.71. The lowest BCUT2D eigenvalue weighted by Crippen LogP contribution is -2.28. The summed E-state index contributed by atoms with van der Waals surface area (Å²) in [5, 5.41) is 3.16. The lowest BCUT2D eigenvalue weighted by molar-refractivity contribution is 0.141. The van der Waals surface area contributed by atoms with Gasteiger partial charge in [-0.1, -0.05) is 12.8 Å². The molecule has 0 saturated heterocycles. The summed E-state index contributed by atoms with van der Waals surface area (Å²) in [5.41, 5.74) is 7.25. The Balaban J connectivity index is 1.90. The number of methoxy groups -OCH3 is 1. The van der Waals surface area contributed by atoms with Crippen LogP contribution in [0.15, 0.2) is 29.3 Å². The molecule has 0 radical (unpaired) electrons. The van der Waals surface area contributed by atoms with Gasteiger partial charge in [-0.2, -0.15) is 0 Å². The van der Waals surface area contributed by atoms with Crippen LogP contribution in [0.25, 0.3) is 0 Å². The maximum atomic E-state index is 6.07. The molecule has 1 fully saturated rings. The average Bonchev–Trinajstić information content (AvgIpc) is 3.02. The molecular formula is C19H31N3O2. The van der Waals surface area contributed by atoms with E-state index in [4.69, 9.17) is 15.2 Å². The molecule has 5 nitrogen and oxygen atoms in total. The van der Waals surface area contributed by atoms with E-state index in [1.54, 1.807) is 7.11 Å². The number of anilines is 1. The highest BCUT2D eigenvalue weighted by molar-refractivity contribution is 5.92. The lowest BCUT2D eigenvalue weighted by Gasteiger charge is -2.26. The predicted molar refractivity (Wildman–Crippen MR) is 99.7 cm³/mol. The number of nitrogens with zero attached hydrogens (tertiary/aromatic N) is 1. The molecule has 1 aliphatic rings. The van der Waals surface area contributed by atoms with E-state index in [2.05, 4.69) is 10.3 Å². The number of hydrogen-bond donors (Lipinski definition) is 2. The standard InChI is InChI=1S/C19H31N3O2/c1-15(2)24-17-8-6-16(7-9-17)22-18(20)21-14-19(12-13-23-3)10-4-5-11-19/h6-9,15H,4-5,10-14H2,1-3H3,(H3,20,21,22). The monoisotopic (exact) mass is 333 g/mol. The number of hydrogen-bond acceptors (Lipinski definition) is 3. The highest BCUT2D eigenvalue weighted by Gasteiger charge is 2.33. The second kappa shape index (κ2) is 8.92. The van der Waals surface area contributed by atoms with Gasteiger partial charge >= 0.3 is 0 Å². The molecular weight excluding hydrogens is 302 g/mol. The van der Waals surface area contributed by atoms with Crippen LogP contribution >= 0.6 is 0 Å². The normalized spacial score (nSPS) is 17.2. The Labute approximate surface area is 145 Å². The van der Waals surface area contributed by atoms with Crippen LogP contribution in [0.3, 0.4) is 0 Å². The minimum atomic E-state index is 0.171. The number of guanidine groups is 1. The third-order valence-electron chi connectivity index (χ3n) is 4.58. The maximum Gasteiger partial charge on any atom is 0.193 e. The highest BCUT2D eigenvalue weighted by atomic mass is 16.5. The fraction of sp³-hybridized carbons (Fsp3) is 0.632. The van der Waals surface area contributed by atoms with Gasteiger partial charge in [-0.25, -0.2) is 0 Å². The second-order valence-corrected chi connectivity index (χ2v) is 6.97. The zero-order valence-electron chi connectivity index (χ0n) is 15.2. The molecule has 1 aromatic rings. The van der Waals surface area contributed by atoms with E-state index < -0.39 is 0 Å². The van der Waals surface area contributed by atoms with Crippen molar-refractivity contribution < 1.29 is 9.47 Å². The average molecular weight is 333 g/mol. The van der Waals surface area contributed by atoms with Crippen molar-refractivity contribution in [3.05, 3.63) is 24.3 Å². The topological polar surface area (TPSA) is 68.9 Å². The summed E-state index contributed by atoms with van der Waals surface area (Å²) in [6.45, 7) is 5.59. The molecule has 134 valence electrons. The van der Waals surface area contributed by atoms with E-state index in [0.717, 1.165) is 31.0 Å². The Kier molecular flexibility index (Phi) is 6.91. The summed E-state index contributed by atoms with van der Waals surface area (Å²) in [6.07, 6.45) is 6.23. The van der Waals surface area contributed by atoms with Crippen LogP contribution in [-0.2, 0) is 4.74 Å². The van der Waals surface area contributed by atoms with E-state index in [0.29, 0.717) is 5.96 Å². The molecule has 3 N–H and O–H groups in total. The van der Waals surface area contributed by atoms with Crippen LogP contribution in [0.2, 0.25) is 0 Å². The zero-order valence-corrected chi connectivity index (χ0v) is 15.2. The molecule has 0 unspecified atom stereocenters. The quantitative estimate of drug-likeness (QED) is 0.561. The van der Waals surface area contributed by atoms with E-state index in [1.807, 2.05) is 38.1 Å². The molecule has 0 spiro atoms. The van der Waals surface area contributed by atoms with Crippen molar-refractivity contribution in [2.24, 2.45) is 16.1 Å². The van der Waals surface area contributed by atoms with Crippen LogP contribution in [0.5, 0.6) is 5.75 Å². The van der Waals surface area contributed by atoms with Gasteiger partial charge in [0.1, 0.15) is 5.75 Å². The van der Waals surface area contributed by atoms with Gasteiger partial charge in [-0.05, 0) is 62.8 Å². The molecule has 5 heteroatoms. The Morgan fingerprint density at radius 3 is 2.50 bits per heavy atom. The Hall–Kier alpha value is -1.75. The molecule has 0 atom stereocenters. The summed E-state index contributed by atoms with van der Waals surface area (Å²) in [5.74, 6) is 1.33. The Morgan fingerprint density at radius 1 is 1.25 bits per heavy atom. The van der Waals surface area contributed by atoms with Crippen LogP contribution in [-0.4, -0.2) is 32.3 Å². The number of nitrogens with one attached hydrogen (secondary N) is 1.